The third kappa shape index (κ3) is 5.09. The smallest absolute Gasteiger partial charge is 0.229 e. The largest absolute Gasteiger partial charge is 0.289 e. The molecule has 1 N–H and O–H groups in total. The summed E-state index contributed by atoms with van der Waals surface area (Å²) in [5.74, 6) is -0.210. The highest BCUT2D eigenvalue weighted by Gasteiger charge is 2.04. The van der Waals surface area contributed by atoms with E-state index in [9.17, 15) is 13.2 Å². The quantitative estimate of drug-likeness (QED) is 0.676. The van der Waals surface area contributed by atoms with Crippen molar-refractivity contribution in [2.75, 3.05) is 11.0 Å². The Bertz CT molecular complexity index is 892. The first kappa shape index (κ1) is 16.5. The lowest BCUT2D eigenvalue weighted by Crippen LogP contribution is -2.09. The van der Waals surface area contributed by atoms with E-state index in [0.717, 1.165) is 11.8 Å². The van der Waals surface area contributed by atoms with Gasteiger partial charge in [-0.15, -0.1) is 0 Å². The Labute approximate surface area is 134 Å². The maximum Gasteiger partial charge on any atom is 0.229 e. The van der Waals surface area contributed by atoms with Gasteiger partial charge in [-0.1, -0.05) is 18.2 Å². The number of ketones is 1. The number of nitrogens with one attached hydrogen (secondary N) is 1. The molecule has 0 unspecified atom stereocenters. The number of allylic oxidation sites excluding steroid dienone is 1. The van der Waals surface area contributed by atoms with Crippen molar-refractivity contribution >= 4 is 27.6 Å². The fourth-order valence-corrected chi connectivity index (χ4v) is 2.46. The van der Waals surface area contributed by atoms with Gasteiger partial charge in [0.05, 0.1) is 17.9 Å². The van der Waals surface area contributed by atoms with Crippen LogP contribution in [0, 0.1) is 11.3 Å². The van der Waals surface area contributed by atoms with Gasteiger partial charge in [-0.2, -0.15) is 5.26 Å². The molecule has 116 valence electrons. The van der Waals surface area contributed by atoms with Crippen LogP contribution in [0.15, 0.2) is 54.6 Å². The van der Waals surface area contributed by atoms with Crippen molar-refractivity contribution in [3.05, 3.63) is 71.3 Å². The predicted molar refractivity (Wildman–Crippen MR) is 89.4 cm³/mol. The molecule has 0 bridgehead atoms. The molecule has 0 radical (unpaired) electrons. The van der Waals surface area contributed by atoms with Crippen LogP contribution in [0.25, 0.3) is 6.08 Å². The molecule has 6 heteroatoms. The lowest BCUT2D eigenvalue weighted by atomic mass is 10.1. The molecule has 0 saturated carbocycles. The van der Waals surface area contributed by atoms with E-state index in [4.69, 9.17) is 5.26 Å². The molecule has 0 fully saturated rings. The fraction of sp³-hybridized carbons (Fsp3) is 0.0588. The molecule has 23 heavy (non-hydrogen) atoms. The summed E-state index contributed by atoms with van der Waals surface area (Å²) < 4.78 is 24.6. The van der Waals surface area contributed by atoms with Gasteiger partial charge in [0.25, 0.3) is 0 Å². The van der Waals surface area contributed by atoms with E-state index in [2.05, 4.69) is 4.72 Å². The van der Waals surface area contributed by atoms with Crippen molar-refractivity contribution in [1.29, 1.82) is 5.26 Å². The number of carbonyl (C=O) groups is 1. The monoisotopic (exact) mass is 326 g/mol. The molecule has 0 aliphatic carbocycles. The molecule has 0 aliphatic heterocycles. The number of rotatable bonds is 5. The van der Waals surface area contributed by atoms with Crippen LogP contribution in [-0.2, 0) is 10.0 Å². The van der Waals surface area contributed by atoms with Crippen LogP contribution in [0.5, 0.6) is 0 Å². The van der Waals surface area contributed by atoms with Crippen molar-refractivity contribution in [3.63, 3.8) is 0 Å². The second-order valence-electron chi connectivity index (χ2n) is 4.89. The zero-order valence-electron chi connectivity index (χ0n) is 12.4. The maximum absolute atomic E-state index is 12.1. The van der Waals surface area contributed by atoms with E-state index in [1.807, 2.05) is 6.07 Å². The minimum absolute atomic E-state index is 0.210. The molecular weight excluding hydrogens is 312 g/mol. The number of hydrogen-bond donors (Lipinski definition) is 1. The summed E-state index contributed by atoms with van der Waals surface area (Å²) in [5.41, 5.74) is 2.12. The number of carbonyl (C=O) groups excluding carboxylic acids is 1. The van der Waals surface area contributed by atoms with E-state index >= 15 is 0 Å². The van der Waals surface area contributed by atoms with Crippen LogP contribution in [0.4, 0.5) is 5.69 Å². The number of hydrogen-bond acceptors (Lipinski definition) is 4. The van der Waals surface area contributed by atoms with Crippen LogP contribution in [0.3, 0.4) is 0 Å². The van der Waals surface area contributed by atoms with E-state index in [0.29, 0.717) is 16.8 Å². The lowest BCUT2D eigenvalue weighted by molar-refractivity contribution is 0.104. The van der Waals surface area contributed by atoms with Gasteiger partial charge in [-0.3, -0.25) is 9.52 Å². The highest BCUT2D eigenvalue weighted by molar-refractivity contribution is 7.92. The summed E-state index contributed by atoms with van der Waals surface area (Å²) >= 11 is 0. The van der Waals surface area contributed by atoms with Crippen molar-refractivity contribution in [3.8, 4) is 6.07 Å². The molecule has 2 rings (SSSR count). The van der Waals surface area contributed by atoms with Crippen molar-refractivity contribution in [2.45, 2.75) is 0 Å². The van der Waals surface area contributed by atoms with E-state index in [1.165, 1.54) is 18.2 Å². The molecule has 0 heterocycles. The second kappa shape index (κ2) is 6.90. The first-order valence-corrected chi connectivity index (χ1v) is 8.57. The SMILES string of the molecule is CS(=O)(=O)Nc1ccc(C(=O)/C=C\c2cccc(C#N)c2)cc1. The van der Waals surface area contributed by atoms with Crippen molar-refractivity contribution < 1.29 is 13.2 Å². The van der Waals surface area contributed by atoms with Crippen LogP contribution < -0.4 is 4.72 Å². The predicted octanol–water partition coefficient (Wildman–Crippen LogP) is 2.83. The Morgan fingerprint density at radius 3 is 2.48 bits per heavy atom. The first-order valence-electron chi connectivity index (χ1n) is 6.68. The van der Waals surface area contributed by atoms with E-state index in [-0.39, 0.29) is 5.78 Å². The third-order valence-electron chi connectivity index (χ3n) is 2.92. The summed E-state index contributed by atoms with van der Waals surface area (Å²) in [7, 11) is -3.34. The number of anilines is 1. The summed E-state index contributed by atoms with van der Waals surface area (Å²) in [6.45, 7) is 0. The van der Waals surface area contributed by atoms with Crippen LogP contribution in [0.2, 0.25) is 0 Å². The second-order valence-corrected chi connectivity index (χ2v) is 6.63. The van der Waals surface area contributed by atoms with E-state index < -0.39 is 10.0 Å². The Morgan fingerprint density at radius 2 is 1.87 bits per heavy atom. The van der Waals surface area contributed by atoms with Gasteiger partial charge in [0.2, 0.25) is 10.0 Å². The normalized spacial score (nSPS) is 11.1. The van der Waals surface area contributed by atoms with Gasteiger partial charge in [-0.25, -0.2) is 8.42 Å². The molecule has 0 amide bonds. The van der Waals surface area contributed by atoms with Gasteiger partial charge in [0, 0.05) is 11.3 Å². The molecule has 0 saturated heterocycles. The number of nitrogens with zero attached hydrogens (tertiary/aromatic N) is 1. The lowest BCUT2D eigenvalue weighted by Gasteiger charge is -2.04. The maximum atomic E-state index is 12.1. The summed E-state index contributed by atoms with van der Waals surface area (Å²) in [6.07, 6.45) is 4.10. The average molecular weight is 326 g/mol. The zero-order valence-corrected chi connectivity index (χ0v) is 13.2. The molecule has 2 aromatic carbocycles. The Kier molecular flexibility index (Phi) is 4.94. The Hall–Kier alpha value is -2.91. The summed E-state index contributed by atoms with van der Waals surface area (Å²) in [6, 6.07) is 15.1. The molecular formula is C17H14N2O3S. The van der Waals surface area contributed by atoms with Gasteiger partial charge in [0.15, 0.2) is 5.78 Å². The first-order chi connectivity index (χ1) is 10.9. The van der Waals surface area contributed by atoms with Gasteiger partial charge < -0.3 is 0 Å². The fourth-order valence-electron chi connectivity index (χ4n) is 1.90. The van der Waals surface area contributed by atoms with E-state index in [1.54, 1.807) is 42.5 Å². The standard InChI is InChI=1S/C17H14N2O3S/c1-23(21,22)19-16-8-6-15(7-9-16)17(20)10-5-13-3-2-4-14(11-13)12-18/h2-11,19H,1H3/b10-5-. The topological polar surface area (TPSA) is 87.0 Å². The van der Waals surface area contributed by atoms with Gasteiger partial charge >= 0.3 is 0 Å². The van der Waals surface area contributed by atoms with Crippen LogP contribution >= 0.6 is 0 Å². The van der Waals surface area contributed by atoms with Gasteiger partial charge in [0.1, 0.15) is 0 Å². The average Bonchev–Trinajstić information content (AvgIpc) is 2.52. The minimum atomic E-state index is -3.34. The molecule has 2 aromatic rings. The molecule has 0 aliphatic rings. The molecule has 0 atom stereocenters. The molecule has 5 nitrogen and oxygen atoms in total. The summed E-state index contributed by atoms with van der Waals surface area (Å²) in [4.78, 5) is 12.1. The third-order valence-corrected chi connectivity index (χ3v) is 3.52. The van der Waals surface area contributed by atoms with Crippen molar-refractivity contribution in [1.82, 2.24) is 0 Å². The Balaban J connectivity index is 2.11. The van der Waals surface area contributed by atoms with Gasteiger partial charge in [-0.05, 0) is 48.0 Å². The minimum Gasteiger partial charge on any atom is -0.289 e. The highest BCUT2D eigenvalue weighted by Crippen LogP contribution is 2.13. The molecule has 0 spiro atoms. The van der Waals surface area contributed by atoms with Crippen LogP contribution in [0.1, 0.15) is 21.5 Å². The zero-order chi connectivity index (χ0) is 16.9. The number of sulfonamides is 1. The summed E-state index contributed by atoms with van der Waals surface area (Å²) in [5, 5.41) is 8.83. The molecule has 0 aromatic heterocycles. The van der Waals surface area contributed by atoms with Crippen LogP contribution in [-0.4, -0.2) is 20.5 Å². The highest BCUT2D eigenvalue weighted by atomic mass is 32.2. The Morgan fingerprint density at radius 1 is 1.17 bits per heavy atom. The van der Waals surface area contributed by atoms with Crippen molar-refractivity contribution in [2.24, 2.45) is 0 Å². The number of nitriles is 1. The number of benzene rings is 2.